The van der Waals surface area contributed by atoms with Crippen molar-refractivity contribution in [3.8, 4) is 0 Å². The molecule has 0 amide bonds. The average molecular weight is 184 g/mol. The molecule has 0 bridgehead atoms. The SMILES string of the molecule is CCOC(=O)CC1CCC(C)CC1. The van der Waals surface area contributed by atoms with Crippen LogP contribution in [-0.4, -0.2) is 12.6 Å². The Balaban J connectivity index is 2.18. The smallest absolute Gasteiger partial charge is 0.306 e. The van der Waals surface area contributed by atoms with E-state index >= 15 is 0 Å². The van der Waals surface area contributed by atoms with Crippen molar-refractivity contribution < 1.29 is 9.53 Å². The van der Waals surface area contributed by atoms with E-state index in [1.807, 2.05) is 6.92 Å². The first kappa shape index (κ1) is 10.6. The third-order valence-corrected chi connectivity index (χ3v) is 2.90. The second kappa shape index (κ2) is 5.25. The summed E-state index contributed by atoms with van der Waals surface area (Å²) in [6.07, 6.45) is 5.62. The van der Waals surface area contributed by atoms with Crippen LogP contribution in [0.1, 0.15) is 46.0 Å². The van der Waals surface area contributed by atoms with Gasteiger partial charge in [-0.3, -0.25) is 4.79 Å². The van der Waals surface area contributed by atoms with Crippen LogP contribution in [0.3, 0.4) is 0 Å². The lowest BCUT2D eigenvalue weighted by molar-refractivity contribution is -0.144. The van der Waals surface area contributed by atoms with Gasteiger partial charge in [-0.2, -0.15) is 0 Å². The molecular weight excluding hydrogens is 164 g/mol. The highest BCUT2D eigenvalue weighted by atomic mass is 16.5. The maximum absolute atomic E-state index is 11.2. The zero-order chi connectivity index (χ0) is 9.68. The second-order valence-corrected chi connectivity index (χ2v) is 4.14. The fourth-order valence-corrected chi connectivity index (χ4v) is 1.99. The predicted molar refractivity (Wildman–Crippen MR) is 52.4 cm³/mol. The Labute approximate surface area is 80.7 Å². The lowest BCUT2D eigenvalue weighted by Gasteiger charge is -2.25. The second-order valence-electron chi connectivity index (χ2n) is 4.14. The van der Waals surface area contributed by atoms with Crippen molar-refractivity contribution in [2.24, 2.45) is 11.8 Å². The van der Waals surface area contributed by atoms with E-state index < -0.39 is 0 Å². The van der Waals surface area contributed by atoms with Gasteiger partial charge in [-0.25, -0.2) is 0 Å². The monoisotopic (exact) mass is 184 g/mol. The lowest BCUT2D eigenvalue weighted by atomic mass is 9.81. The Bertz CT molecular complexity index is 157. The van der Waals surface area contributed by atoms with E-state index in [1.54, 1.807) is 0 Å². The molecule has 0 heterocycles. The van der Waals surface area contributed by atoms with E-state index in [2.05, 4.69) is 6.92 Å². The highest BCUT2D eigenvalue weighted by molar-refractivity contribution is 5.69. The maximum atomic E-state index is 11.2. The fourth-order valence-electron chi connectivity index (χ4n) is 1.99. The summed E-state index contributed by atoms with van der Waals surface area (Å²) in [5.41, 5.74) is 0. The van der Waals surface area contributed by atoms with Gasteiger partial charge in [0, 0.05) is 6.42 Å². The van der Waals surface area contributed by atoms with Crippen molar-refractivity contribution in [2.75, 3.05) is 6.61 Å². The molecule has 0 spiro atoms. The van der Waals surface area contributed by atoms with Crippen LogP contribution in [0.25, 0.3) is 0 Å². The summed E-state index contributed by atoms with van der Waals surface area (Å²) in [5.74, 6) is 1.44. The molecule has 1 aliphatic rings. The molecule has 0 saturated heterocycles. The number of hydrogen-bond donors (Lipinski definition) is 0. The van der Waals surface area contributed by atoms with Crippen LogP contribution in [0, 0.1) is 11.8 Å². The standard InChI is InChI=1S/C11H20O2/c1-3-13-11(12)8-10-6-4-9(2)5-7-10/h9-10H,3-8H2,1-2H3. The number of carbonyl (C=O) groups excluding carboxylic acids is 1. The molecule has 0 aromatic heterocycles. The molecule has 76 valence electrons. The van der Waals surface area contributed by atoms with E-state index in [0.29, 0.717) is 18.9 Å². The van der Waals surface area contributed by atoms with E-state index in [4.69, 9.17) is 4.74 Å². The summed E-state index contributed by atoms with van der Waals surface area (Å²) < 4.78 is 4.93. The van der Waals surface area contributed by atoms with Crippen molar-refractivity contribution in [3.05, 3.63) is 0 Å². The average Bonchev–Trinajstić information content (AvgIpc) is 2.09. The lowest BCUT2D eigenvalue weighted by Crippen LogP contribution is -2.17. The van der Waals surface area contributed by atoms with Crippen molar-refractivity contribution in [1.82, 2.24) is 0 Å². The van der Waals surface area contributed by atoms with Gasteiger partial charge in [-0.05, 0) is 31.6 Å². The molecule has 0 unspecified atom stereocenters. The van der Waals surface area contributed by atoms with E-state index in [0.717, 1.165) is 5.92 Å². The zero-order valence-electron chi connectivity index (χ0n) is 8.71. The number of carbonyl (C=O) groups is 1. The first-order valence-electron chi connectivity index (χ1n) is 5.38. The topological polar surface area (TPSA) is 26.3 Å². The van der Waals surface area contributed by atoms with Crippen LogP contribution in [0.2, 0.25) is 0 Å². The molecule has 2 heteroatoms. The van der Waals surface area contributed by atoms with Gasteiger partial charge in [0.25, 0.3) is 0 Å². The van der Waals surface area contributed by atoms with E-state index in [-0.39, 0.29) is 5.97 Å². The van der Waals surface area contributed by atoms with Gasteiger partial charge in [-0.1, -0.05) is 19.8 Å². The summed E-state index contributed by atoms with van der Waals surface area (Å²) in [5, 5.41) is 0. The van der Waals surface area contributed by atoms with E-state index in [9.17, 15) is 4.79 Å². The van der Waals surface area contributed by atoms with Crippen molar-refractivity contribution >= 4 is 5.97 Å². The Kier molecular flexibility index (Phi) is 4.26. The van der Waals surface area contributed by atoms with Gasteiger partial charge in [0.2, 0.25) is 0 Å². The first-order chi connectivity index (χ1) is 6.22. The van der Waals surface area contributed by atoms with Gasteiger partial charge in [0.1, 0.15) is 0 Å². The van der Waals surface area contributed by atoms with Crippen molar-refractivity contribution in [1.29, 1.82) is 0 Å². The quantitative estimate of drug-likeness (QED) is 0.630. The molecule has 0 N–H and O–H groups in total. The minimum atomic E-state index is -0.0120. The third kappa shape index (κ3) is 3.79. The highest BCUT2D eigenvalue weighted by Gasteiger charge is 2.20. The van der Waals surface area contributed by atoms with Crippen LogP contribution in [-0.2, 0) is 9.53 Å². The van der Waals surface area contributed by atoms with Gasteiger partial charge in [0.15, 0.2) is 0 Å². The minimum absolute atomic E-state index is 0.0120. The molecule has 0 aromatic rings. The van der Waals surface area contributed by atoms with Crippen LogP contribution >= 0.6 is 0 Å². The maximum Gasteiger partial charge on any atom is 0.306 e. The summed E-state index contributed by atoms with van der Waals surface area (Å²) in [6, 6.07) is 0. The Hall–Kier alpha value is -0.530. The molecule has 13 heavy (non-hydrogen) atoms. The highest BCUT2D eigenvalue weighted by Crippen LogP contribution is 2.30. The number of rotatable bonds is 3. The van der Waals surface area contributed by atoms with Crippen LogP contribution in [0.5, 0.6) is 0 Å². The predicted octanol–water partition coefficient (Wildman–Crippen LogP) is 2.77. The fraction of sp³-hybridized carbons (Fsp3) is 0.909. The Morgan fingerprint density at radius 3 is 2.46 bits per heavy atom. The molecule has 1 rings (SSSR count). The molecular formula is C11H20O2. The third-order valence-electron chi connectivity index (χ3n) is 2.90. The van der Waals surface area contributed by atoms with E-state index in [1.165, 1.54) is 25.7 Å². The zero-order valence-corrected chi connectivity index (χ0v) is 8.71. The summed E-state index contributed by atoms with van der Waals surface area (Å²) >= 11 is 0. The molecule has 1 aliphatic carbocycles. The Morgan fingerprint density at radius 2 is 1.92 bits per heavy atom. The number of ether oxygens (including phenoxy) is 1. The van der Waals surface area contributed by atoms with Gasteiger partial charge >= 0.3 is 5.97 Å². The van der Waals surface area contributed by atoms with Gasteiger partial charge in [-0.15, -0.1) is 0 Å². The van der Waals surface area contributed by atoms with Crippen LogP contribution < -0.4 is 0 Å². The molecule has 0 aliphatic heterocycles. The number of hydrogen-bond acceptors (Lipinski definition) is 2. The van der Waals surface area contributed by atoms with Crippen molar-refractivity contribution in [3.63, 3.8) is 0 Å². The normalized spacial score (nSPS) is 28.5. The van der Waals surface area contributed by atoms with Crippen LogP contribution in [0.4, 0.5) is 0 Å². The molecule has 1 fully saturated rings. The van der Waals surface area contributed by atoms with Crippen LogP contribution in [0.15, 0.2) is 0 Å². The van der Waals surface area contributed by atoms with Gasteiger partial charge < -0.3 is 4.74 Å². The van der Waals surface area contributed by atoms with Gasteiger partial charge in [0.05, 0.1) is 6.61 Å². The molecule has 2 nitrogen and oxygen atoms in total. The largest absolute Gasteiger partial charge is 0.466 e. The first-order valence-corrected chi connectivity index (χ1v) is 5.38. The van der Waals surface area contributed by atoms with Crippen molar-refractivity contribution in [2.45, 2.75) is 46.0 Å². The molecule has 0 radical (unpaired) electrons. The summed E-state index contributed by atoms with van der Waals surface area (Å²) in [6.45, 7) is 4.67. The summed E-state index contributed by atoms with van der Waals surface area (Å²) in [7, 11) is 0. The molecule has 0 aromatic carbocycles. The number of esters is 1. The Morgan fingerprint density at radius 1 is 1.31 bits per heavy atom. The molecule has 1 saturated carbocycles. The minimum Gasteiger partial charge on any atom is -0.466 e. The molecule has 0 atom stereocenters. The summed E-state index contributed by atoms with van der Waals surface area (Å²) in [4.78, 5) is 11.2.